The Morgan fingerprint density at radius 1 is 1.00 bits per heavy atom. The van der Waals surface area contributed by atoms with Crippen LogP contribution in [0.4, 0.5) is 0 Å². The largest absolute Gasteiger partial charge is 0.366 e. The zero-order chi connectivity index (χ0) is 19.0. The molecule has 0 saturated carbocycles. The summed E-state index contributed by atoms with van der Waals surface area (Å²) >= 11 is 0. The maximum absolute atomic E-state index is 6.17. The predicted octanol–water partition coefficient (Wildman–Crippen LogP) is 7.88. The van der Waals surface area contributed by atoms with Crippen LogP contribution in [0.15, 0.2) is 30.3 Å². The van der Waals surface area contributed by atoms with Crippen LogP contribution in [0.3, 0.4) is 0 Å². The molecule has 2 rings (SSSR count). The van der Waals surface area contributed by atoms with Crippen LogP contribution in [-0.2, 0) is 6.16 Å². The van der Waals surface area contributed by atoms with E-state index in [0.717, 1.165) is 20.4 Å². The highest BCUT2D eigenvalue weighted by molar-refractivity contribution is 7.51. The first kappa shape index (κ1) is 22.8. The first-order valence-electron chi connectivity index (χ1n) is 9.62. The van der Waals surface area contributed by atoms with E-state index >= 15 is 0 Å². The van der Waals surface area contributed by atoms with Crippen LogP contribution in [-0.4, -0.2) is 22.3 Å². The summed E-state index contributed by atoms with van der Waals surface area (Å²) in [5, 5.41) is 0. The van der Waals surface area contributed by atoms with Gasteiger partial charge in [0, 0.05) is 31.7 Å². The van der Waals surface area contributed by atoms with E-state index in [1.807, 2.05) is 34.6 Å². The van der Waals surface area contributed by atoms with Crippen LogP contribution >= 0.6 is 41.9 Å². The van der Waals surface area contributed by atoms with Gasteiger partial charge in [-0.05, 0) is 18.6 Å². The molecule has 1 aromatic carbocycles. The maximum atomic E-state index is 6.17. The number of unbranched alkanes of at least 4 members (excludes halogenated alkanes) is 7. The molecule has 0 spiro atoms. The van der Waals surface area contributed by atoms with Gasteiger partial charge in [0.05, 0.1) is 7.85 Å². The van der Waals surface area contributed by atoms with Crippen molar-refractivity contribution in [3.63, 3.8) is 0 Å². The third-order valence-corrected chi connectivity index (χ3v) is 10.5. The third-order valence-electron chi connectivity index (χ3n) is 3.96. The topological polar surface area (TPSA) is 74.4 Å². The SMILES string of the molecule is CCCCCCCCCCp1[nH][pH][nH][pH][nH][pH]npn1Oc1ccccc1. The van der Waals surface area contributed by atoms with Crippen LogP contribution < -0.4 is 4.84 Å². The Morgan fingerprint density at radius 2 is 1.74 bits per heavy atom. The smallest absolute Gasteiger partial charge is 0.182 e. The number of aryl methyl sites for hydroxylation is 1. The number of nitrogens with zero attached hydrogens (tertiary/aromatic N) is 2. The fourth-order valence-electron chi connectivity index (χ4n) is 2.54. The lowest BCUT2D eigenvalue weighted by atomic mass is 10.1. The number of aromatic nitrogens is 5. The standard InChI is InChI=1S/C16H32N5OP5/c1-2-3-4-5-6-7-8-12-15-27-20-25-18-23-17-24-19-26-21(27)22-16-13-10-9-11-14-16/h9-11,13-14,17-18,20,23-25H,2-8,12,15H2,1H3. The second kappa shape index (κ2) is 15.4. The lowest BCUT2D eigenvalue weighted by Gasteiger charge is -2.11. The van der Waals surface area contributed by atoms with Crippen molar-refractivity contribution in [3.8, 4) is 5.75 Å². The zero-order valence-electron chi connectivity index (χ0n) is 15.9. The average molecular weight is 465 g/mol. The van der Waals surface area contributed by atoms with E-state index in [0.29, 0.717) is 25.5 Å². The molecule has 0 bridgehead atoms. The Labute approximate surface area is 169 Å². The monoisotopic (exact) mass is 465 g/mol. The van der Waals surface area contributed by atoms with Crippen molar-refractivity contribution in [2.45, 2.75) is 64.5 Å². The summed E-state index contributed by atoms with van der Waals surface area (Å²) in [6.45, 7) is 2.27. The Morgan fingerprint density at radius 3 is 2.52 bits per heavy atom. The normalized spacial score (nSPS) is 12.1. The highest BCUT2D eigenvalue weighted by atomic mass is 31.2. The van der Waals surface area contributed by atoms with E-state index in [4.69, 9.17) is 4.84 Å². The number of hydrogen-bond acceptors (Lipinski definition) is 2. The summed E-state index contributed by atoms with van der Waals surface area (Å²) < 4.78 is 17.0. The Bertz CT molecular complexity index is 712. The molecule has 0 radical (unpaired) electrons. The molecule has 0 aliphatic rings. The van der Waals surface area contributed by atoms with Gasteiger partial charge in [-0.25, -0.2) is 0 Å². The molecule has 4 atom stereocenters. The lowest BCUT2D eigenvalue weighted by molar-refractivity contribution is 0.274. The number of H-pyrrole nitrogens is 3. The third kappa shape index (κ3) is 10.6. The number of nitrogens with one attached hydrogen (secondary N) is 3. The molecule has 152 valence electrons. The van der Waals surface area contributed by atoms with Gasteiger partial charge in [-0.3, -0.25) is 0 Å². The number of hydrogen-bond donors (Lipinski definition) is 3. The molecule has 0 aliphatic heterocycles. The van der Waals surface area contributed by atoms with Crippen molar-refractivity contribution in [2.75, 3.05) is 0 Å². The van der Waals surface area contributed by atoms with Gasteiger partial charge in [-0.15, -0.1) is 4.26 Å². The summed E-state index contributed by atoms with van der Waals surface area (Å²) in [6, 6.07) is 10.0. The van der Waals surface area contributed by atoms with E-state index in [2.05, 4.69) is 25.0 Å². The van der Waals surface area contributed by atoms with Crippen LogP contribution in [0.5, 0.6) is 5.75 Å². The van der Waals surface area contributed by atoms with Crippen LogP contribution in [0.2, 0.25) is 0 Å². The molecule has 2 aromatic rings. The van der Waals surface area contributed by atoms with Crippen molar-refractivity contribution in [3.05, 3.63) is 30.3 Å². The molecule has 1 aromatic heterocycles. The molecule has 3 N–H and O–H groups in total. The van der Waals surface area contributed by atoms with Gasteiger partial charge in [0.25, 0.3) is 0 Å². The van der Waals surface area contributed by atoms with Crippen LogP contribution in [0, 0.1) is 0 Å². The van der Waals surface area contributed by atoms with Crippen molar-refractivity contribution in [2.24, 2.45) is 0 Å². The Hall–Kier alpha value is -0.480. The van der Waals surface area contributed by atoms with E-state index < -0.39 is 7.85 Å². The molecule has 6 nitrogen and oxygen atoms in total. The quantitative estimate of drug-likeness (QED) is 0.295. The molecule has 0 fully saturated rings. The fraction of sp³-hybridized carbons (Fsp3) is 0.625. The van der Waals surface area contributed by atoms with Gasteiger partial charge >= 0.3 is 0 Å². The average Bonchev–Trinajstić information content (AvgIpc) is 2.70. The number of rotatable bonds is 11. The summed E-state index contributed by atoms with van der Waals surface area (Å²) in [5.74, 6) is 0.872. The van der Waals surface area contributed by atoms with E-state index in [1.165, 1.54) is 51.4 Å². The van der Waals surface area contributed by atoms with Crippen LogP contribution in [0.1, 0.15) is 58.3 Å². The van der Waals surface area contributed by atoms with E-state index in [-0.39, 0.29) is 0 Å². The molecule has 1 heterocycles. The fourth-order valence-corrected chi connectivity index (χ4v) is 9.43. The van der Waals surface area contributed by atoms with Gasteiger partial charge in [0.1, 0.15) is 0 Å². The predicted molar refractivity (Wildman–Crippen MR) is 127 cm³/mol. The minimum absolute atomic E-state index is 0.399. The maximum Gasteiger partial charge on any atom is 0.182 e. The van der Waals surface area contributed by atoms with Crippen molar-refractivity contribution in [1.82, 2.24) is 22.3 Å². The minimum atomic E-state index is -0.576. The summed E-state index contributed by atoms with van der Waals surface area (Å²) in [7, 11) is 1.79. The van der Waals surface area contributed by atoms with Crippen molar-refractivity contribution in [1.29, 1.82) is 0 Å². The lowest BCUT2D eigenvalue weighted by Crippen LogP contribution is -2.00. The Kier molecular flexibility index (Phi) is 13.0. The molecule has 0 saturated heterocycles. The first-order valence-corrected chi connectivity index (χ1v) is 14.8. The van der Waals surface area contributed by atoms with Gasteiger partial charge < -0.3 is 18.4 Å². The second-order valence-electron chi connectivity index (χ2n) is 6.17. The number of benzene rings is 1. The van der Waals surface area contributed by atoms with E-state index in [9.17, 15) is 0 Å². The molecular formula is C16H32N5OP5. The molecular weight excluding hydrogens is 433 g/mol. The molecule has 4 unspecified atom stereocenters. The summed E-state index contributed by atoms with van der Waals surface area (Å²) in [5.41, 5.74) is 0. The minimum Gasteiger partial charge on any atom is -0.366 e. The van der Waals surface area contributed by atoms with Gasteiger partial charge in [0.2, 0.25) is 0 Å². The molecule has 27 heavy (non-hydrogen) atoms. The van der Waals surface area contributed by atoms with Crippen molar-refractivity contribution >= 4 is 41.9 Å². The summed E-state index contributed by atoms with van der Waals surface area (Å²) in [6.07, 6.45) is 11.9. The zero-order valence-corrected chi connectivity index (χ0v) is 20.7. The second-order valence-corrected chi connectivity index (χ2v) is 13.1. The van der Waals surface area contributed by atoms with E-state index in [1.54, 1.807) is 0 Å². The molecule has 0 amide bonds. The molecule has 11 heteroatoms. The van der Waals surface area contributed by atoms with Crippen molar-refractivity contribution < 1.29 is 4.84 Å². The molecule has 0 aliphatic carbocycles. The highest BCUT2D eigenvalue weighted by Gasteiger charge is 2.01. The van der Waals surface area contributed by atoms with Gasteiger partial charge in [-0.1, -0.05) is 70.1 Å². The van der Waals surface area contributed by atoms with Gasteiger partial charge in [-0.2, -0.15) is 4.51 Å². The van der Waals surface area contributed by atoms with Crippen LogP contribution in [0.25, 0.3) is 0 Å². The number of aromatic amines is 3. The first-order chi connectivity index (χ1) is 13.4. The number of para-hydroxylation sites is 1. The Balaban J connectivity index is 1.99. The summed E-state index contributed by atoms with van der Waals surface area (Å²) in [4.78, 5) is 6.17. The van der Waals surface area contributed by atoms with Gasteiger partial charge in [0.15, 0.2) is 14.3 Å². The highest BCUT2D eigenvalue weighted by Crippen LogP contribution is 2.30.